The minimum absolute atomic E-state index is 0.497. The van der Waals surface area contributed by atoms with E-state index in [0.29, 0.717) is 5.82 Å². The van der Waals surface area contributed by atoms with Crippen LogP contribution in [0.1, 0.15) is 5.56 Å². The van der Waals surface area contributed by atoms with Gasteiger partial charge in [0.2, 0.25) is 0 Å². The molecular weight excluding hydrogens is 210 g/mol. The third-order valence-electron chi connectivity index (χ3n) is 1.82. The van der Waals surface area contributed by atoms with E-state index in [1.54, 1.807) is 18.6 Å². The quantitative estimate of drug-likeness (QED) is 0.767. The van der Waals surface area contributed by atoms with Gasteiger partial charge >= 0.3 is 0 Å². The molecule has 76 valence electrons. The predicted octanol–water partition coefficient (Wildman–Crippen LogP) is 1.31. The molecule has 0 saturated carbocycles. The molecule has 0 fully saturated rings. The fourth-order valence-corrected chi connectivity index (χ4v) is 1.77. The molecule has 0 spiro atoms. The maximum absolute atomic E-state index is 5.67. The smallest absolute Gasteiger partial charge is 0.130 e. The molecule has 0 atom stereocenters. The molecule has 5 nitrogen and oxygen atoms in total. The number of nitrogens with two attached hydrogens (primary N) is 1. The molecule has 0 unspecified atom stereocenters. The van der Waals surface area contributed by atoms with E-state index in [1.807, 2.05) is 6.92 Å². The van der Waals surface area contributed by atoms with Crippen molar-refractivity contribution in [1.29, 1.82) is 0 Å². The third-order valence-corrected chi connectivity index (χ3v) is 2.84. The summed E-state index contributed by atoms with van der Waals surface area (Å²) in [4.78, 5) is 16.2. The first kappa shape index (κ1) is 9.85. The third kappa shape index (κ3) is 2.21. The summed E-state index contributed by atoms with van der Waals surface area (Å²) in [5.74, 6) is 0.497. The summed E-state index contributed by atoms with van der Waals surface area (Å²) in [5, 5.41) is 1.60. The second-order valence-corrected chi connectivity index (χ2v) is 3.84. The van der Waals surface area contributed by atoms with Crippen molar-refractivity contribution >= 4 is 17.6 Å². The Bertz CT molecular complexity index is 459. The molecule has 0 radical (unpaired) electrons. The highest BCUT2D eigenvalue weighted by atomic mass is 32.2. The van der Waals surface area contributed by atoms with Crippen molar-refractivity contribution in [2.24, 2.45) is 0 Å². The van der Waals surface area contributed by atoms with Crippen LogP contribution >= 0.6 is 11.8 Å². The molecule has 0 aliphatic rings. The maximum Gasteiger partial charge on any atom is 0.130 e. The first-order valence-corrected chi connectivity index (χ1v) is 5.10. The zero-order valence-corrected chi connectivity index (χ0v) is 8.90. The van der Waals surface area contributed by atoms with Crippen molar-refractivity contribution in [3.8, 4) is 0 Å². The van der Waals surface area contributed by atoms with Gasteiger partial charge in [-0.1, -0.05) is 0 Å². The Kier molecular flexibility index (Phi) is 2.77. The molecule has 0 amide bonds. The van der Waals surface area contributed by atoms with Gasteiger partial charge in [-0.3, -0.25) is 4.98 Å². The van der Waals surface area contributed by atoms with Gasteiger partial charge in [-0.25, -0.2) is 15.0 Å². The van der Waals surface area contributed by atoms with Gasteiger partial charge in [0.05, 0.1) is 6.20 Å². The van der Waals surface area contributed by atoms with E-state index >= 15 is 0 Å². The predicted molar refractivity (Wildman–Crippen MR) is 57.3 cm³/mol. The highest BCUT2D eigenvalue weighted by Gasteiger charge is 2.06. The van der Waals surface area contributed by atoms with Crippen LogP contribution in [0, 0.1) is 6.92 Å². The van der Waals surface area contributed by atoms with E-state index in [1.165, 1.54) is 18.1 Å². The molecule has 2 heterocycles. The van der Waals surface area contributed by atoms with E-state index in [-0.39, 0.29) is 0 Å². The van der Waals surface area contributed by atoms with Crippen molar-refractivity contribution in [2.75, 3.05) is 5.73 Å². The fraction of sp³-hybridized carbons (Fsp3) is 0.111. The van der Waals surface area contributed by atoms with Gasteiger partial charge in [-0.05, 0) is 18.7 Å². The molecule has 0 aromatic carbocycles. The molecule has 0 aliphatic heterocycles. The number of nitrogens with zero attached hydrogens (tertiary/aromatic N) is 4. The Morgan fingerprint density at radius 2 is 2.07 bits per heavy atom. The largest absolute Gasteiger partial charge is 0.383 e. The van der Waals surface area contributed by atoms with Crippen molar-refractivity contribution in [3.05, 3.63) is 30.5 Å². The lowest BCUT2D eigenvalue weighted by molar-refractivity contribution is 0.996. The number of aromatic nitrogens is 4. The number of nitrogen functional groups attached to an aromatic ring is 1. The second kappa shape index (κ2) is 4.22. The first-order chi connectivity index (χ1) is 7.27. The van der Waals surface area contributed by atoms with Crippen LogP contribution in [0.15, 0.2) is 35.0 Å². The molecule has 2 rings (SSSR count). The maximum atomic E-state index is 5.67. The van der Waals surface area contributed by atoms with Gasteiger partial charge in [-0.15, -0.1) is 0 Å². The molecule has 2 aromatic rings. The van der Waals surface area contributed by atoms with E-state index in [9.17, 15) is 0 Å². The van der Waals surface area contributed by atoms with Gasteiger partial charge in [0.15, 0.2) is 0 Å². The van der Waals surface area contributed by atoms with Gasteiger partial charge in [-0.2, -0.15) is 0 Å². The van der Waals surface area contributed by atoms with Crippen molar-refractivity contribution in [2.45, 2.75) is 17.0 Å². The highest BCUT2D eigenvalue weighted by molar-refractivity contribution is 7.99. The zero-order chi connectivity index (χ0) is 10.7. The summed E-state index contributed by atoms with van der Waals surface area (Å²) in [6.07, 6.45) is 6.40. The highest BCUT2D eigenvalue weighted by Crippen LogP contribution is 2.27. The first-order valence-electron chi connectivity index (χ1n) is 4.28. The molecule has 0 bridgehead atoms. The SMILES string of the molecule is Cc1c(N)ncnc1Sc1cnccn1. The lowest BCUT2D eigenvalue weighted by atomic mass is 10.4. The van der Waals surface area contributed by atoms with Crippen LogP contribution < -0.4 is 5.73 Å². The van der Waals surface area contributed by atoms with E-state index in [4.69, 9.17) is 5.73 Å². The van der Waals surface area contributed by atoms with Crippen LogP contribution in [0.5, 0.6) is 0 Å². The van der Waals surface area contributed by atoms with Crippen LogP contribution in [0.25, 0.3) is 0 Å². The number of hydrogen-bond donors (Lipinski definition) is 1. The van der Waals surface area contributed by atoms with E-state index in [2.05, 4.69) is 19.9 Å². The van der Waals surface area contributed by atoms with Crippen LogP contribution in [0.2, 0.25) is 0 Å². The summed E-state index contributed by atoms with van der Waals surface area (Å²) < 4.78 is 0. The average molecular weight is 219 g/mol. The van der Waals surface area contributed by atoms with Gasteiger partial charge in [0.1, 0.15) is 22.2 Å². The minimum atomic E-state index is 0.497. The molecular formula is C9H9N5S. The topological polar surface area (TPSA) is 77.6 Å². The van der Waals surface area contributed by atoms with Crippen LogP contribution in [0.3, 0.4) is 0 Å². The molecule has 2 N–H and O–H groups in total. The summed E-state index contributed by atoms with van der Waals surface area (Å²) in [7, 11) is 0. The Morgan fingerprint density at radius 1 is 1.20 bits per heavy atom. The summed E-state index contributed by atoms with van der Waals surface area (Å²) in [5.41, 5.74) is 6.54. The molecule has 2 aromatic heterocycles. The van der Waals surface area contributed by atoms with E-state index in [0.717, 1.165) is 15.6 Å². The summed E-state index contributed by atoms with van der Waals surface area (Å²) in [6.45, 7) is 1.88. The fourth-order valence-electron chi connectivity index (χ4n) is 0.987. The number of anilines is 1. The van der Waals surface area contributed by atoms with Gasteiger partial charge in [0.25, 0.3) is 0 Å². The number of rotatable bonds is 2. The molecule has 15 heavy (non-hydrogen) atoms. The Balaban J connectivity index is 2.29. The Hall–Kier alpha value is -1.69. The lowest BCUT2D eigenvalue weighted by Crippen LogP contribution is -1.97. The second-order valence-electron chi connectivity index (χ2n) is 2.83. The van der Waals surface area contributed by atoms with Crippen LogP contribution in [-0.2, 0) is 0 Å². The lowest BCUT2D eigenvalue weighted by Gasteiger charge is -2.04. The van der Waals surface area contributed by atoms with Crippen molar-refractivity contribution < 1.29 is 0 Å². The average Bonchev–Trinajstić information content (AvgIpc) is 2.26. The standard InChI is InChI=1S/C9H9N5S/c1-6-8(10)13-5-14-9(6)15-7-4-11-2-3-12-7/h2-5H,1H3,(H2,10,13,14). The van der Waals surface area contributed by atoms with E-state index < -0.39 is 0 Å². The zero-order valence-electron chi connectivity index (χ0n) is 8.08. The minimum Gasteiger partial charge on any atom is -0.383 e. The molecule has 0 saturated heterocycles. The van der Waals surface area contributed by atoms with Crippen molar-refractivity contribution in [3.63, 3.8) is 0 Å². The normalized spacial score (nSPS) is 10.2. The van der Waals surface area contributed by atoms with Crippen LogP contribution in [-0.4, -0.2) is 19.9 Å². The summed E-state index contributed by atoms with van der Waals surface area (Å²) >= 11 is 1.42. The summed E-state index contributed by atoms with van der Waals surface area (Å²) in [6, 6.07) is 0. The Labute approximate surface area is 91.2 Å². The Morgan fingerprint density at radius 3 is 2.80 bits per heavy atom. The van der Waals surface area contributed by atoms with Crippen molar-refractivity contribution in [1.82, 2.24) is 19.9 Å². The molecule has 6 heteroatoms. The van der Waals surface area contributed by atoms with Crippen LogP contribution in [0.4, 0.5) is 5.82 Å². The monoisotopic (exact) mass is 219 g/mol. The van der Waals surface area contributed by atoms with Gasteiger partial charge in [0, 0.05) is 18.0 Å². The molecule has 0 aliphatic carbocycles. The van der Waals surface area contributed by atoms with Gasteiger partial charge < -0.3 is 5.73 Å². The number of hydrogen-bond acceptors (Lipinski definition) is 6.